The van der Waals surface area contributed by atoms with E-state index in [4.69, 9.17) is 0 Å². The van der Waals surface area contributed by atoms with Crippen LogP contribution in [0.1, 0.15) is 31.4 Å². The molecule has 0 atom stereocenters. The smallest absolute Gasteiger partial charge is 0.0397 e. The van der Waals surface area contributed by atoms with Crippen molar-refractivity contribution in [2.24, 2.45) is 0 Å². The SMILES string of the molecule is CCCN(NCc1ccccc1)N(CC)Cc1ccccc1. The minimum absolute atomic E-state index is 0.853. The summed E-state index contributed by atoms with van der Waals surface area (Å²) in [6, 6.07) is 21.2. The maximum atomic E-state index is 3.57. The van der Waals surface area contributed by atoms with Gasteiger partial charge in [-0.25, -0.2) is 10.4 Å². The molecule has 0 bridgehead atoms. The highest BCUT2D eigenvalue weighted by Gasteiger charge is 2.13. The number of hydrogen-bond acceptors (Lipinski definition) is 3. The first-order valence-corrected chi connectivity index (χ1v) is 8.17. The fourth-order valence-corrected chi connectivity index (χ4v) is 2.47. The Morgan fingerprint density at radius 1 is 0.818 bits per heavy atom. The van der Waals surface area contributed by atoms with E-state index in [1.54, 1.807) is 0 Å². The van der Waals surface area contributed by atoms with Gasteiger partial charge in [-0.1, -0.05) is 74.5 Å². The van der Waals surface area contributed by atoms with E-state index < -0.39 is 0 Å². The Morgan fingerprint density at radius 2 is 1.41 bits per heavy atom. The quantitative estimate of drug-likeness (QED) is 0.709. The lowest BCUT2D eigenvalue weighted by Crippen LogP contribution is -2.50. The molecule has 0 unspecified atom stereocenters. The monoisotopic (exact) mass is 297 g/mol. The summed E-state index contributed by atoms with van der Waals surface area (Å²) in [5.41, 5.74) is 6.21. The molecular formula is C19H27N3. The van der Waals surface area contributed by atoms with Gasteiger partial charge in [-0.3, -0.25) is 0 Å². The number of nitrogens with zero attached hydrogens (tertiary/aromatic N) is 2. The predicted octanol–water partition coefficient (Wildman–Crippen LogP) is 3.84. The molecule has 0 aliphatic carbocycles. The molecule has 3 nitrogen and oxygen atoms in total. The highest BCUT2D eigenvalue weighted by molar-refractivity contribution is 5.15. The molecule has 0 fully saturated rings. The molecule has 118 valence electrons. The van der Waals surface area contributed by atoms with Crippen molar-refractivity contribution in [2.45, 2.75) is 33.4 Å². The molecule has 0 radical (unpaired) electrons. The van der Waals surface area contributed by atoms with Crippen LogP contribution >= 0.6 is 0 Å². The van der Waals surface area contributed by atoms with E-state index in [0.29, 0.717) is 0 Å². The second kappa shape index (κ2) is 9.36. The Balaban J connectivity index is 1.97. The van der Waals surface area contributed by atoms with E-state index in [0.717, 1.165) is 32.6 Å². The van der Waals surface area contributed by atoms with Crippen molar-refractivity contribution in [1.82, 2.24) is 15.6 Å². The van der Waals surface area contributed by atoms with E-state index in [-0.39, 0.29) is 0 Å². The van der Waals surface area contributed by atoms with E-state index in [1.807, 2.05) is 0 Å². The third-order valence-electron chi connectivity index (χ3n) is 3.66. The minimum atomic E-state index is 0.853. The molecule has 1 N–H and O–H groups in total. The summed E-state index contributed by atoms with van der Waals surface area (Å²) in [7, 11) is 0. The van der Waals surface area contributed by atoms with Gasteiger partial charge in [0.1, 0.15) is 0 Å². The zero-order chi connectivity index (χ0) is 15.6. The van der Waals surface area contributed by atoms with E-state index in [1.165, 1.54) is 11.1 Å². The molecule has 0 aliphatic heterocycles. The van der Waals surface area contributed by atoms with Crippen LogP contribution in [-0.4, -0.2) is 23.2 Å². The Bertz CT molecular complexity index is 513. The molecular weight excluding hydrogens is 270 g/mol. The van der Waals surface area contributed by atoms with E-state index >= 15 is 0 Å². The van der Waals surface area contributed by atoms with Crippen LogP contribution in [0.15, 0.2) is 60.7 Å². The number of hydrazine groups is 2. The molecule has 2 aromatic rings. The van der Waals surface area contributed by atoms with Gasteiger partial charge in [-0.2, -0.15) is 5.12 Å². The Kier molecular flexibility index (Phi) is 7.10. The lowest BCUT2D eigenvalue weighted by Gasteiger charge is -2.34. The van der Waals surface area contributed by atoms with Crippen LogP contribution in [0.2, 0.25) is 0 Å². The molecule has 2 aromatic carbocycles. The van der Waals surface area contributed by atoms with Gasteiger partial charge in [-0.15, -0.1) is 0 Å². The van der Waals surface area contributed by atoms with Crippen LogP contribution < -0.4 is 5.43 Å². The minimum Gasteiger partial charge on any atom is -0.237 e. The molecule has 2 rings (SSSR count). The zero-order valence-corrected chi connectivity index (χ0v) is 13.7. The molecule has 0 saturated heterocycles. The fourth-order valence-electron chi connectivity index (χ4n) is 2.47. The Hall–Kier alpha value is -1.68. The standard InChI is InChI=1S/C19H27N3/c1-3-15-22(20-16-18-11-7-5-8-12-18)21(4-2)17-19-13-9-6-10-14-19/h5-14,20H,3-4,15-17H2,1-2H3. The van der Waals surface area contributed by atoms with Crippen molar-refractivity contribution in [2.75, 3.05) is 13.1 Å². The molecule has 22 heavy (non-hydrogen) atoms. The number of hydrogen-bond donors (Lipinski definition) is 1. The largest absolute Gasteiger partial charge is 0.237 e. The Morgan fingerprint density at radius 3 is 1.95 bits per heavy atom. The van der Waals surface area contributed by atoms with Crippen molar-refractivity contribution < 1.29 is 0 Å². The molecule has 0 aliphatic rings. The van der Waals surface area contributed by atoms with Gasteiger partial charge in [-0.05, 0) is 17.5 Å². The van der Waals surface area contributed by atoms with Crippen molar-refractivity contribution >= 4 is 0 Å². The summed E-state index contributed by atoms with van der Waals surface area (Å²) in [6.07, 6.45) is 1.12. The van der Waals surface area contributed by atoms with Crippen molar-refractivity contribution in [3.05, 3.63) is 71.8 Å². The second-order valence-corrected chi connectivity index (χ2v) is 5.41. The summed E-state index contributed by atoms with van der Waals surface area (Å²) in [6.45, 7) is 8.19. The maximum absolute atomic E-state index is 3.57. The summed E-state index contributed by atoms with van der Waals surface area (Å²) in [5.74, 6) is 0. The molecule has 0 aromatic heterocycles. The topological polar surface area (TPSA) is 18.5 Å². The third kappa shape index (κ3) is 5.26. The van der Waals surface area contributed by atoms with Gasteiger partial charge < -0.3 is 0 Å². The highest BCUT2D eigenvalue weighted by atomic mass is 15.8. The zero-order valence-electron chi connectivity index (χ0n) is 13.7. The number of benzene rings is 2. The Labute approximate surface area is 134 Å². The van der Waals surface area contributed by atoms with Gasteiger partial charge in [0, 0.05) is 26.2 Å². The average molecular weight is 297 g/mol. The average Bonchev–Trinajstić information content (AvgIpc) is 2.58. The van der Waals surface area contributed by atoms with Crippen molar-refractivity contribution in [3.63, 3.8) is 0 Å². The number of rotatable bonds is 9. The van der Waals surface area contributed by atoms with Gasteiger partial charge in [0.2, 0.25) is 0 Å². The van der Waals surface area contributed by atoms with Crippen LogP contribution in [0.3, 0.4) is 0 Å². The first-order chi connectivity index (χ1) is 10.8. The number of nitrogens with one attached hydrogen (secondary N) is 1. The maximum Gasteiger partial charge on any atom is 0.0397 e. The van der Waals surface area contributed by atoms with E-state index in [2.05, 4.69) is 90.1 Å². The molecule has 0 spiro atoms. The lowest BCUT2D eigenvalue weighted by atomic mass is 10.2. The van der Waals surface area contributed by atoms with Gasteiger partial charge >= 0.3 is 0 Å². The summed E-state index contributed by atoms with van der Waals surface area (Å²) < 4.78 is 0. The first kappa shape index (κ1) is 16.7. The third-order valence-corrected chi connectivity index (χ3v) is 3.66. The predicted molar refractivity (Wildman–Crippen MR) is 92.8 cm³/mol. The molecule has 0 heterocycles. The van der Waals surface area contributed by atoms with Gasteiger partial charge in [0.05, 0.1) is 0 Å². The van der Waals surface area contributed by atoms with Crippen LogP contribution in [0.5, 0.6) is 0 Å². The second-order valence-electron chi connectivity index (χ2n) is 5.41. The molecule has 0 amide bonds. The highest BCUT2D eigenvalue weighted by Crippen LogP contribution is 2.07. The first-order valence-electron chi connectivity index (χ1n) is 8.17. The van der Waals surface area contributed by atoms with Crippen LogP contribution in [0.25, 0.3) is 0 Å². The molecule has 0 saturated carbocycles. The summed E-state index contributed by atoms with van der Waals surface area (Å²) in [5, 5.41) is 4.63. The van der Waals surface area contributed by atoms with Crippen LogP contribution in [0, 0.1) is 0 Å². The van der Waals surface area contributed by atoms with Crippen LogP contribution in [0.4, 0.5) is 0 Å². The van der Waals surface area contributed by atoms with E-state index in [9.17, 15) is 0 Å². The normalized spacial score (nSPS) is 11.3. The summed E-state index contributed by atoms with van der Waals surface area (Å²) in [4.78, 5) is 0. The van der Waals surface area contributed by atoms with Crippen molar-refractivity contribution in [1.29, 1.82) is 0 Å². The molecule has 3 heteroatoms. The van der Waals surface area contributed by atoms with Crippen LogP contribution in [-0.2, 0) is 13.1 Å². The van der Waals surface area contributed by atoms with Gasteiger partial charge in [0.25, 0.3) is 0 Å². The van der Waals surface area contributed by atoms with Crippen molar-refractivity contribution in [3.8, 4) is 0 Å². The lowest BCUT2D eigenvalue weighted by molar-refractivity contribution is -0.0761. The summed E-state index contributed by atoms with van der Waals surface area (Å²) >= 11 is 0. The van der Waals surface area contributed by atoms with Gasteiger partial charge in [0.15, 0.2) is 0 Å². The fraction of sp³-hybridized carbons (Fsp3) is 0.368.